The van der Waals surface area contributed by atoms with Crippen molar-refractivity contribution in [3.05, 3.63) is 77.0 Å². The molecule has 0 radical (unpaired) electrons. The van der Waals surface area contributed by atoms with Gasteiger partial charge in [-0.05, 0) is 70.7 Å². The molecule has 43 heavy (non-hydrogen) atoms. The van der Waals surface area contributed by atoms with Gasteiger partial charge in [0.1, 0.15) is 0 Å². The van der Waals surface area contributed by atoms with Crippen molar-refractivity contribution in [1.29, 1.82) is 0 Å². The van der Waals surface area contributed by atoms with Gasteiger partial charge in [0.25, 0.3) is 0 Å². The topological polar surface area (TPSA) is 104 Å². The number of fused-ring (bicyclic) bond motifs is 2. The van der Waals surface area contributed by atoms with Gasteiger partial charge < -0.3 is 14.6 Å². The summed E-state index contributed by atoms with van der Waals surface area (Å²) >= 11 is 0. The van der Waals surface area contributed by atoms with Crippen molar-refractivity contribution in [2.45, 2.75) is 59.2 Å². The summed E-state index contributed by atoms with van der Waals surface area (Å²) in [6.07, 6.45) is 3.79. The van der Waals surface area contributed by atoms with E-state index in [2.05, 4.69) is 5.10 Å². The third-order valence-electron chi connectivity index (χ3n) is 7.68. The summed E-state index contributed by atoms with van der Waals surface area (Å²) in [6, 6.07) is 11.2. The molecule has 0 fully saturated rings. The number of aryl methyl sites for hydroxylation is 2. The lowest BCUT2D eigenvalue weighted by Crippen LogP contribution is -2.29. The van der Waals surface area contributed by atoms with Gasteiger partial charge in [-0.3, -0.25) is 4.68 Å². The van der Waals surface area contributed by atoms with Crippen LogP contribution in [0, 0.1) is 19.7 Å². The van der Waals surface area contributed by atoms with Gasteiger partial charge in [0.15, 0.2) is 23.3 Å². The van der Waals surface area contributed by atoms with E-state index < -0.39 is 23.5 Å². The first-order chi connectivity index (χ1) is 20.4. The lowest BCUT2D eigenvalue weighted by Gasteiger charge is -2.28. The maximum atomic E-state index is 15.6. The highest BCUT2D eigenvalue weighted by atomic mass is 19.1. The van der Waals surface area contributed by atoms with Gasteiger partial charge in [-0.2, -0.15) is 10.2 Å². The first kappa shape index (κ1) is 28.5. The number of carboxylic acids is 1. The van der Waals surface area contributed by atoms with E-state index >= 15 is 4.39 Å². The summed E-state index contributed by atoms with van der Waals surface area (Å²) in [7, 11) is 1.87. The van der Waals surface area contributed by atoms with Crippen LogP contribution in [0.2, 0.25) is 0 Å². The molecular weight excluding hydrogens is 549 g/mol. The number of halogens is 1. The average Bonchev–Trinajstić information content (AvgIpc) is 3.59. The molecule has 0 saturated heterocycles. The number of hydrogen-bond donors (Lipinski definition) is 1. The van der Waals surface area contributed by atoms with E-state index in [9.17, 15) is 9.90 Å². The van der Waals surface area contributed by atoms with Gasteiger partial charge in [0.2, 0.25) is 0 Å². The SMILES string of the molecule is Cc1nc2cc(-c3cccc(-c4cnn(C)c4)c3)nn2c(-c2cc(F)c3c(c2C)CCCO3)c1C(OC(C)(C)C)C(=O)O. The van der Waals surface area contributed by atoms with E-state index in [1.54, 1.807) is 43.1 Å². The Hall–Kier alpha value is -4.57. The largest absolute Gasteiger partial charge is 0.490 e. The highest BCUT2D eigenvalue weighted by Gasteiger charge is 2.34. The second kappa shape index (κ2) is 10.6. The monoisotopic (exact) mass is 583 g/mol. The van der Waals surface area contributed by atoms with E-state index in [4.69, 9.17) is 19.6 Å². The van der Waals surface area contributed by atoms with Gasteiger partial charge in [-0.25, -0.2) is 18.7 Å². The summed E-state index contributed by atoms with van der Waals surface area (Å²) in [5, 5.41) is 19.7. The van der Waals surface area contributed by atoms with Crippen molar-refractivity contribution in [1.82, 2.24) is 24.4 Å². The molecule has 222 valence electrons. The van der Waals surface area contributed by atoms with Gasteiger partial charge in [-0.1, -0.05) is 18.2 Å². The number of aromatic nitrogens is 5. The second-order valence-electron chi connectivity index (χ2n) is 12.0. The Balaban J connectivity index is 1.63. The third-order valence-corrected chi connectivity index (χ3v) is 7.68. The standard InChI is InChI=1S/C33H34FN5O4/c1-18-23-11-8-12-42-30(23)25(34)14-24(18)29-28(31(32(40)41)43-33(3,4)5)19(2)36-27-15-26(37-39(27)29)21-10-7-9-20(13-21)22-16-35-38(6)17-22/h7,9-10,13-17,31H,8,11-12H2,1-6H3,(H,40,41). The zero-order valence-corrected chi connectivity index (χ0v) is 25.1. The average molecular weight is 584 g/mol. The molecule has 0 spiro atoms. The summed E-state index contributed by atoms with van der Waals surface area (Å²) < 4.78 is 30.8. The Bertz CT molecular complexity index is 1880. The summed E-state index contributed by atoms with van der Waals surface area (Å²) in [5.74, 6) is -1.41. The molecule has 1 N–H and O–H groups in total. The molecule has 1 unspecified atom stereocenters. The number of carboxylic acid groups (broad SMARTS) is 1. The fraction of sp³-hybridized carbons (Fsp3) is 0.333. The normalized spacial score (nSPS) is 14.0. The lowest BCUT2D eigenvalue weighted by molar-refractivity contribution is -0.160. The van der Waals surface area contributed by atoms with Crippen LogP contribution in [-0.4, -0.2) is 47.7 Å². The minimum atomic E-state index is -1.37. The van der Waals surface area contributed by atoms with E-state index in [0.29, 0.717) is 46.9 Å². The van der Waals surface area contributed by atoms with Crippen LogP contribution in [0.4, 0.5) is 4.39 Å². The molecule has 1 aliphatic heterocycles. The third kappa shape index (κ3) is 5.27. The minimum Gasteiger partial charge on any atom is -0.490 e. The summed E-state index contributed by atoms with van der Waals surface area (Å²) in [6.45, 7) is 9.51. The van der Waals surface area contributed by atoms with E-state index in [1.165, 1.54) is 6.07 Å². The Labute approximate surface area is 248 Å². The molecule has 0 aliphatic carbocycles. The van der Waals surface area contributed by atoms with Gasteiger partial charge >= 0.3 is 5.97 Å². The number of ether oxygens (including phenoxy) is 2. The van der Waals surface area contributed by atoms with Gasteiger partial charge in [-0.15, -0.1) is 0 Å². The van der Waals surface area contributed by atoms with Crippen LogP contribution in [-0.2, 0) is 23.0 Å². The maximum Gasteiger partial charge on any atom is 0.337 e. The van der Waals surface area contributed by atoms with Crippen LogP contribution in [0.5, 0.6) is 5.75 Å². The molecular formula is C33H34FN5O4. The first-order valence-corrected chi connectivity index (χ1v) is 14.3. The van der Waals surface area contributed by atoms with E-state index in [1.807, 2.05) is 50.5 Å². The molecule has 2 aromatic carbocycles. The minimum absolute atomic E-state index is 0.255. The molecule has 0 amide bonds. The Morgan fingerprint density at radius 3 is 2.60 bits per heavy atom. The quantitative estimate of drug-likeness (QED) is 0.244. The van der Waals surface area contributed by atoms with Crippen LogP contribution >= 0.6 is 0 Å². The fourth-order valence-corrected chi connectivity index (χ4v) is 5.77. The summed E-state index contributed by atoms with van der Waals surface area (Å²) in [4.78, 5) is 17.5. The lowest BCUT2D eigenvalue weighted by atomic mass is 9.91. The number of benzene rings is 2. The van der Waals surface area contributed by atoms with Crippen molar-refractivity contribution >= 4 is 11.6 Å². The Kier molecular flexibility index (Phi) is 7.04. The molecule has 4 heterocycles. The number of aliphatic carboxylic acids is 1. The van der Waals surface area contributed by atoms with Crippen LogP contribution in [0.3, 0.4) is 0 Å². The Morgan fingerprint density at radius 1 is 1.14 bits per heavy atom. The number of nitrogens with zero attached hydrogens (tertiary/aromatic N) is 5. The first-order valence-electron chi connectivity index (χ1n) is 14.3. The van der Waals surface area contributed by atoms with E-state index in [-0.39, 0.29) is 5.75 Å². The molecule has 0 saturated carbocycles. The van der Waals surface area contributed by atoms with Crippen molar-refractivity contribution < 1.29 is 23.8 Å². The van der Waals surface area contributed by atoms with Crippen molar-refractivity contribution in [3.63, 3.8) is 0 Å². The highest BCUT2D eigenvalue weighted by Crippen LogP contribution is 2.42. The molecule has 9 nitrogen and oxygen atoms in total. The van der Waals surface area contributed by atoms with Crippen LogP contribution in [0.25, 0.3) is 39.3 Å². The molecule has 3 aromatic heterocycles. The van der Waals surface area contributed by atoms with Crippen molar-refractivity contribution in [2.24, 2.45) is 7.05 Å². The van der Waals surface area contributed by atoms with E-state index in [0.717, 1.165) is 34.2 Å². The number of carbonyl (C=O) groups is 1. The molecule has 0 bridgehead atoms. The van der Waals surface area contributed by atoms with Gasteiger partial charge in [0.05, 0.1) is 29.8 Å². The number of rotatable bonds is 6. The molecule has 1 atom stereocenters. The van der Waals surface area contributed by atoms with Crippen LogP contribution in [0.1, 0.15) is 55.7 Å². The predicted molar refractivity (Wildman–Crippen MR) is 161 cm³/mol. The molecule has 10 heteroatoms. The molecule has 5 aromatic rings. The van der Waals surface area contributed by atoms with Crippen molar-refractivity contribution in [3.8, 4) is 39.4 Å². The smallest absolute Gasteiger partial charge is 0.337 e. The van der Waals surface area contributed by atoms with Crippen LogP contribution in [0.15, 0.2) is 48.8 Å². The zero-order valence-electron chi connectivity index (χ0n) is 25.1. The Morgan fingerprint density at radius 2 is 1.91 bits per heavy atom. The second-order valence-corrected chi connectivity index (χ2v) is 12.0. The summed E-state index contributed by atoms with van der Waals surface area (Å²) in [5.41, 5.74) is 6.47. The fourth-order valence-electron chi connectivity index (χ4n) is 5.77. The number of hydrogen-bond acceptors (Lipinski definition) is 6. The van der Waals surface area contributed by atoms with Crippen LogP contribution < -0.4 is 4.74 Å². The zero-order chi connectivity index (χ0) is 30.6. The van der Waals surface area contributed by atoms with Crippen molar-refractivity contribution in [2.75, 3.05) is 6.61 Å². The maximum absolute atomic E-state index is 15.6. The highest BCUT2D eigenvalue weighted by molar-refractivity contribution is 5.83. The predicted octanol–water partition coefficient (Wildman–Crippen LogP) is 6.49. The molecule has 6 rings (SSSR count). The van der Waals surface area contributed by atoms with Gasteiger partial charge in [0, 0.05) is 52.8 Å². The molecule has 1 aliphatic rings.